The molecule has 2 aromatic heterocycles. The molecule has 4 heterocycles. The predicted molar refractivity (Wildman–Crippen MR) is 99.1 cm³/mol. The molecule has 2 saturated heterocycles. The van der Waals surface area contributed by atoms with Gasteiger partial charge in [0.1, 0.15) is 6.10 Å². The predicted octanol–water partition coefficient (Wildman–Crippen LogP) is 1.75. The Balaban J connectivity index is 1.34. The van der Waals surface area contributed by atoms with E-state index < -0.39 is 0 Å². The number of nitrogens with two attached hydrogens (primary N) is 1. The zero-order chi connectivity index (χ0) is 17.4. The van der Waals surface area contributed by atoms with Gasteiger partial charge in [-0.2, -0.15) is 0 Å². The van der Waals surface area contributed by atoms with Crippen molar-refractivity contribution in [3.63, 3.8) is 0 Å². The molecule has 0 unspecified atom stereocenters. The summed E-state index contributed by atoms with van der Waals surface area (Å²) in [4.78, 5) is 29.7. The second-order valence-corrected chi connectivity index (χ2v) is 8.47. The lowest BCUT2D eigenvalue weighted by molar-refractivity contribution is -0.144. The van der Waals surface area contributed by atoms with Gasteiger partial charge in [-0.3, -0.25) is 9.59 Å². The summed E-state index contributed by atoms with van der Waals surface area (Å²) >= 11 is 3.20. The number of nitrogens with zero attached hydrogens (tertiary/aromatic N) is 2. The van der Waals surface area contributed by atoms with Crippen LogP contribution in [0.4, 0.5) is 0 Å². The largest absolute Gasteiger partial charge is 0.364 e. The lowest BCUT2D eigenvalue weighted by Crippen LogP contribution is -2.52. The first-order valence-corrected chi connectivity index (χ1v) is 10.3. The van der Waals surface area contributed by atoms with Crippen molar-refractivity contribution in [1.82, 2.24) is 9.80 Å². The molecular weight excluding hydrogens is 358 g/mol. The van der Waals surface area contributed by atoms with E-state index >= 15 is 0 Å². The van der Waals surface area contributed by atoms with Gasteiger partial charge in [0.25, 0.3) is 11.8 Å². The van der Waals surface area contributed by atoms with Crippen molar-refractivity contribution in [3.8, 4) is 0 Å². The van der Waals surface area contributed by atoms with Gasteiger partial charge in [-0.1, -0.05) is 0 Å². The number of hydrogen-bond donors (Lipinski definition) is 1. The summed E-state index contributed by atoms with van der Waals surface area (Å²) in [5.74, 6) is 0.112. The third-order valence-electron chi connectivity index (χ3n) is 4.87. The van der Waals surface area contributed by atoms with E-state index in [1.165, 1.54) is 0 Å². The molecule has 2 amide bonds. The highest BCUT2D eigenvalue weighted by Gasteiger charge is 2.34. The molecule has 4 rings (SSSR count). The van der Waals surface area contributed by atoms with Crippen molar-refractivity contribution in [1.29, 1.82) is 0 Å². The number of hydrogen-bond acceptors (Lipinski definition) is 6. The third-order valence-corrected chi connectivity index (χ3v) is 6.96. The van der Waals surface area contributed by atoms with Crippen LogP contribution >= 0.6 is 22.7 Å². The van der Waals surface area contributed by atoms with E-state index in [9.17, 15) is 9.59 Å². The first-order valence-electron chi connectivity index (χ1n) is 8.56. The Morgan fingerprint density at radius 2 is 1.92 bits per heavy atom. The van der Waals surface area contributed by atoms with Crippen LogP contribution < -0.4 is 5.73 Å². The fraction of sp³-hybridized carbons (Fsp3) is 0.529. The molecular formula is C17H21N3O3S2. The number of amides is 2. The SMILES string of the molecule is NC[C@H]1CC[C@@H](C(=O)N2CCN(C(=O)c3cc4sccc4s3)CC2)O1. The van der Waals surface area contributed by atoms with Gasteiger partial charge in [0, 0.05) is 42.1 Å². The van der Waals surface area contributed by atoms with Crippen LogP contribution in [0.15, 0.2) is 17.5 Å². The maximum Gasteiger partial charge on any atom is 0.264 e. The second kappa shape index (κ2) is 7.03. The number of carbonyl (C=O) groups excluding carboxylic acids is 2. The van der Waals surface area contributed by atoms with Crippen molar-refractivity contribution in [2.45, 2.75) is 25.0 Å². The number of ether oxygens (including phenoxy) is 1. The molecule has 8 heteroatoms. The highest BCUT2D eigenvalue weighted by Crippen LogP contribution is 2.31. The Morgan fingerprint density at radius 3 is 2.60 bits per heavy atom. The number of piperazine rings is 1. The van der Waals surface area contributed by atoms with Crippen LogP contribution in [0.5, 0.6) is 0 Å². The van der Waals surface area contributed by atoms with Crippen LogP contribution in [0, 0.1) is 0 Å². The Labute approximate surface area is 154 Å². The molecule has 134 valence electrons. The van der Waals surface area contributed by atoms with Crippen LogP contribution in [0.1, 0.15) is 22.5 Å². The summed E-state index contributed by atoms with van der Waals surface area (Å²) in [5, 5.41) is 2.04. The fourth-order valence-electron chi connectivity index (χ4n) is 3.42. The molecule has 0 bridgehead atoms. The van der Waals surface area contributed by atoms with Crippen LogP contribution in [0.3, 0.4) is 0 Å². The molecule has 0 aliphatic carbocycles. The minimum atomic E-state index is -0.361. The van der Waals surface area contributed by atoms with E-state index in [2.05, 4.69) is 0 Å². The van der Waals surface area contributed by atoms with E-state index in [4.69, 9.17) is 10.5 Å². The standard InChI is InChI=1S/C17H21N3O3S2/c18-10-11-1-2-12(23-11)16(21)19-4-6-20(7-5-19)17(22)15-9-14-13(25-15)3-8-24-14/h3,8-9,11-12H,1-2,4-7,10,18H2/t11-,12+/m1/s1. The summed E-state index contributed by atoms with van der Waals surface area (Å²) < 4.78 is 8.02. The Kier molecular flexibility index (Phi) is 4.77. The van der Waals surface area contributed by atoms with Crippen LogP contribution in [-0.2, 0) is 9.53 Å². The van der Waals surface area contributed by atoms with Gasteiger partial charge >= 0.3 is 0 Å². The first-order chi connectivity index (χ1) is 12.2. The smallest absolute Gasteiger partial charge is 0.264 e. The number of thiophene rings is 2. The Morgan fingerprint density at radius 1 is 1.16 bits per heavy atom. The molecule has 2 aliphatic heterocycles. The van der Waals surface area contributed by atoms with Crippen molar-refractivity contribution in [3.05, 3.63) is 22.4 Å². The molecule has 2 aliphatic rings. The topological polar surface area (TPSA) is 75.9 Å². The Hall–Kier alpha value is -1.48. The molecule has 0 saturated carbocycles. The van der Waals surface area contributed by atoms with Gasteiger partial charge < -0.3 is 20.3 Å². The minimum Gasteiger partial charge on any atom is -0.364 e. The van der Waals surface area contributed by atoms with Gasteiger partial charge in [-0.05, 0) is 30.4 Å². The van der Waals surface area contributed by atoms with Crippen molar-refractivity contribution < 1.29 is 14.3 Å². The molecule has 25 heavy (non-hydrogen) atoms. The average Bonchev–Trinajstić information content (AvgIpc) is 3.35. The normalized spacial score (nSPS) is 24.2. The van der Waals surface area contributed by atoms with E-state index in [0.717, 1.165) is 27.1 Å². The number of rotatable bonds is 3. The summed E-state index contributed by atoms with van der Waals surface area (Å²) in [6, 6.07) is 4.03. The maximum atomic E-state index is 12.7. The molecule has 2 fully saturated rings. The molecule has 6 nitrogen and oxygen atoms in total. The highest BCUT2D eigenvalue weighted by molar-refractivity contribution is 7.27. The van der Waals surface area contributed by atoms with Gasteiger partial charge in [0.15, 0.2) is 0 Å². The van der Waals surface area contributed by atoms with Crippen molar-refractivity contribution in [2.24, 2.45) is 5.73 Å². The zero-order valence-corrected chi connectivity index (χ0v) is 15.5. The van der Waals surface area contributed by atoms with Gasteiger partial charge in [0.2, 0.25) is 0 Å². The minimum absolute atomic E-state index is 0.00418. The zero-order valence-electron chi connectivity index (χ0n) is 13.8. The van der Waals surface area contributed by atoms with Crippen molar-refractivity contribution >= 4 is 43.9 Å². The lowest BCUT2D eigenvalue weighted by atomic mass is 10.1. The number of carbonyl (C=O) groups is 2. The van der Waals surface area contributed by atoms with E-state index in [1.807, 2.05) is 27.3 Å². The van der Waals surface area contributed by atoms with Gasteiger partial charge in [0.05, 0.1) is 11.0 Å². The van der Waals surface area contributed by atoms with Gasteiger partial charge in [-0.15, -0.1) is 22.7 Å². The summed E-state index contributed by atoms with van der Waals surface area (Å²) in [6.45, 7) is 2.74. The van der Waals surface area contributed by atoms with E-state index in [1.54, 1.807) is 22.7 Å². The van der Waals surface area contributed by atoms with Gasteiger partial charge in [-0.25, -0.2) is 0 Å². The molecule has 0 aromatic carbocycles. The Bertz CT molecular complexity index is 751. The average molecular weight is 380 g/mol. The second-order valence-electron chi connectivity index (χ2n) is 6.44. The van der Waals surface area contributed by atoms with E-state index in [0.29, 0.717) is 32.7 Å². The summed E-state index contributed by atoms with van der Waals surface area (Å²) in [7, 11) is 0. The number of fused-ring (bicyclic) bond motifs is 1. The molecule has 0 spiro atoms. The van der Waals surface area contributed by atoms with E-state index in [-0.39, 0.29) is 24.0 Å². The molecule has 2 N–H and O–H groups in total. The maximum absolute atomic E-state index is 12.7. The summed E-state index contributed by atoms with van der Waals surface area (Å²) in [6.07, 6.45) is 1.23. The lowest BCUT2D eigenvalue weighted by Gasteiger charge is -2.35. The van der Waals surface area contributed by atoms with Crippen LogP contribution in [0.25, 0.3) is 9.40 Å². The quantitative estimate of drug-likeness (QED) is 0.882. The first kappa shape index (κ1) is 17.0. The highest BCUT2D eigenvalue weighted by atomic mass is 32.1. The molecule has 2 atom stereocenters. The van der Waals surface area contributed by atoms with Crippen LogP contribution in [-0.4, -0.2) is 66.5 Å². The van der Waals surface area contributed by atoms with Crippen LogP contribution in [0.2, 0.25) is 0 Å². The monoisotopic (exact) mass is 379 g/mol. The summed E-state index contributed by atoms with van der Waals surface area (Å²) in [5.41, 5.74) is 5.61. The van der Waals surface area contributed by atoms with Crippen molar-refractivity contribution in [2.75, 3.05) is 32.7 Å². The fourth-order valence-corrected chi connectivity index (χ4v) is 5.50. The molecule has 2 aromatic rings. The third kappa shape index (κ3) is 3.31. The molecule has 0 radical (unpaired) electrons.